The summed E-state index contributed by atoms with van der Waals surface area (Å²) in [4.78, 5) is 4.52. The molecule has 19 heavy (non-hydrogen) atoms. The van der Waals surface area contributed by atoms with Crippen molar-refractivity contribution in [2.24, 2.45) is 29.6 Å². The van der Waals surface area contributed by atoms with Crippen molar-refractivity contribution in [2.75, 3.05) is 6.54 Å². The van der Waals surface area contributed by atoms with Gasteiger partial charge in [0, 0.05) is 24.4 Å². The summed E-state index contributed by atoms with van der Waals surface area (Å²) in [6.45, 7) is 3.32. The van der Waals surface area contributed by atoms with Gasteiger partial charge in [0.2, 0.25) is 0 Å². The summed E-state index contributed by atoms with van der Waals surface area (Å²) in [7, 11) is 0. The number of rotatable bonds is 5. The first-order valence-corrected chi connectivity index (χ1v) is 8.01. The topological polar surface area (TPSA) is 24.9 Å². The highest BCUT2D eigenvalue weighted by atomic mass is 14.9. The van der Waals surface area contributed by atoms with E-state index in [1.165, 1.54) is 18.5 Å². The van der Waals surface area contributed by atoms with Crippen LogP contribution in [0, 0.1) is 29.6 Å². The molecule has 2 bridgehead atoms. The number of likely N-dealkylation sites (N-methyl/N-ethyl adjacent to an activating group) is 1. The van der Waals surface area contributed by atoms with Crippen molar-refractivity contribution < 1.29 is 0 Å². The highest BCUT2D eigenvalue weighted by molar-refractivity contribution is 5.17. The molecule has 2 heteroatoms. The second kappa shape index (κ2) is 4.59. The highest BCUT2D eigenvalue weighted by Crippen LogP contribution is 2.70. The molecule has 3 fully saturated rings. The summed E-state index contributed by atoms with van der Waals surface area (Å²) in [5.74, 6) is 5.22. The maximum atomic E-state index is 4.52. The zero-order valence-electron chi connectivity index (χ0n) is 11.8. The molecule has 5 atom stereocenters. The van der Waals surface area contributed by atoms with Gasteiger partial charge in [0.25, 0.3) is 0 Å². The fraction of sp³-hybridized carbons (Fsp3) is 0.706. The van der Waals surface area contributed by atoms with E-state index in [4.69, 9.17) is 0 Å². The molecule has 1 N–H and O–H groups in total. The van der Waals surface area contributed by atoms with Gasteiger partial charge >= 0.3 is 0 Å². The summed E-state index contributed by atoms with van der Waals surface area (Å²) < 4.78 is 0. The minimum absolute atomic E-state index is 0.665. The maximum Gasteiger partial charge on any atom is 0.0419 e. The van der Waals surface area contributed by atoms with Crippen molar-refractivity contribution in [3.63, 3.8) is 0 Å². The zero-order chi connectivity index (χ0) is 12.8. The number of aromatic nitrogens is 1. The van der Waals surface area contributed by atoms with Gasteiger partial charge in [-0.05, 0) is 67.5 Å². The normalized spacial score (nSPS) is 40.2. The van der Waals surface area contributed by atoms with Crippen LogP contribution in [0.3, 0.4) is 0 Å². The lowest BCUT2D eigenvalue weighted by molar-refractivity contribution is 0.364. The van der Waals surface area contributed by atoms with Crippen molar-refractivity contribution in [3.05, 3.63) is 30.1 Å². The van der Waals surface area contributed by atoms with Crippen LogP contribution in [0.4, 0.5) is 0 Å². The van der Waals surface area contributed by atoms with E-state index in [1.807, 2.05) is 12.3 Å². The van der Waals surface area contributed by atoms with Crippen LogP contribution in [-0.4, -0.2) is 17.6 Å². The molecule has 1 aromatic rings. The predicted molar refractivity (Wildman–Crippen MR) is 76.7 cm³/mol. The van der Waals surface area contributed by atoms with Gasteiger partial charge in [0.15, 0.2) is 0 Å². The summed E-state index contributed by atoms with van der Waals surface area (Å²) in [6, 6.07) is 6.97. The first-order valence-electron chi connectivity index (χ1n) is 8.01. The van der Waals surface area contributed by atoms with Crippen LogP contribution in [0.2, 0.25) is 0 Å². The second-order valence-electron chi connectivity index (χ2n) is 6.75. The van der Waals surface area contributed by atoms with E-state index in [0.717, 1.165) is 42.6 Å². The SMILES string of the molecule is CCNC(Cc1ccccn1)C1C2C3CCC(C3)C21. The molecule has 102 valence electrons. The van der Waals surface area contributed by atoms with E-state index < -0.39 is 0 Å². The van der Waals surface area contributed by atoms with Crippen LogP contribution in [0.1, 0.15) is 31.9 Å². The van der Waals surface area contributed by atoms with E-state index in [1.54, 1.807) is 6.42 Å². The van der Waals surface area contributed by atoms with Gasteiger partial charge in [-0.2, -0.15) is 0 Å². The third-order valence-corrected chi connectivity index (χ3v) is 5.88. The Balaban J connectivity index is 1.48. The minimum Gasteiger partial charge on any atom is -0.314 e. The Morgan fingerprint density at radius 2 is 2.05 bits per heavy atom. The predicted octanol–water partition coefficient (Wildman–Crippen LogP) is 2.89. The van der Waals surface area contributed by atoms with Gasteiger partial charge in [0.05, 0.1) is 0 Å². The van der Waals surface area contributed by atoms with Gasteiger partial charge in [-0.1, -0.05) is 13.0 Å². The van der Waals surface area contributed by atoms with Crippen LogP contribution in [0.5, 0.6) is 0 Å². The summed E-state index contributed by atoms with van der Waals surface area (Å²) in [6.07, 6.45) is 7.63. The van der Waals surface area contributed by atoms with Gasteiger partial charge < -0.3 is 5.32 Å². The quantitative estimate of drug-likeness (QED) is 0.876. The van der Waals surface area contributed by atoms with Crippen molar-refractivity contribution >= 4 is 0 Å². The van der Waals surface area contributed by atoms with E-state index in [-0.39, 0.29) is 0 Å². The first kappa shape index (κ1) is 11.9. The molecule has 0 amide bonds. The molecule has 0 aromatic carbocycles. The molecule has 2 nitrogen and oxygen atoms in total. The molecule has 3 aliphatic rings. The first-order chi connectivity index (χ1) is 9.38. The van der Waals surface area contributed by atoms with Gasteiger partial charge in [-0.3, -0.25) is 4.98 Å². The van der Waals surface area contributed by atoms with Crippen LogP contribution in [0.25, 0.3) is 0 Å². The third-order valence-electron chi connectivity index (χ3n) is 5.88. The number of fused-ring (bicyclic) bond motifs is 5. The molecular weight excluding hydrogens is 232 g/mol. The molecule has 0 saturated heterocycles. The largest absolute Gasteiger partial charge is 0.314 e. The molecule has 1 aromatic heterocycles. The number of pyridine rings is 1. The minimum atomic E-state index is 0.665. The number of hydrogen-bond acceptors (Lipinski definition) is 2. The van der Waals surface area contributed by atoms with E-state index >= 15 is 0 Å². The average molecular weight is 256 g/mol. The summed E-state index contributed by atoms with van der Waals surface area (Å²) in [5.41, 5.74) is 1.26. The lowest BCUT2D eigenvalue weighted by Crippen LogP contribution is -2.35. The maximum absolute atomic E-state index is 4.52. The lowest BCUT2D eigenvalue weighted by atomic mass is 9.94. The standard InChI is InChI=1S/C17H24N2/c1-2-18-14(10-13-5-3-4-8-19-13)17-15-11-6-7-12(9-11)16(15)17/h3-5,8,11-12,14-18H,2,6-7,9-10H2,1H3. The molecule has 5 unspecified atom stereocenters. The Morgan fingerprint density at radius 1 is 1.26 bits per heavy atom. The van der Waals surface area contributed by atoms with Gasteiger partial charge in [-0.15, -0.1) is 0 Å². The fourth-order valence-corrected chi connectivity index (χ4v) is 5.28. The molecule has 4 rings (SSSR count). The van der Waals surface area contributed by atoms with Crippen LogP contribution < -0.4 is 5.32 Å². The summed E-state index contributed by atoms with van der Waals surface area (Å²) in [5, 5.41) is 3.75. The van der Waals surface area contributed by atoms with E-state index in [2.05, 4.69) is 29.4 Å². The lowest BCUT2D eigenvalue weighted by Gasteiger charge is -2.21. The third kappa shape index (κ3) is 1.92. The molecule has 0 spiro atoms. The molecule has 1 heterocycles. The van der Waals surface area contributed by atoms with Crippen molar-refractivity contribution in [1.29, 1.82) is 0 Å². The van der Waals surface area contributed by atoms with E-state index in [0.29, 0.717) is 6.04 Å². The molecule has 0 radical (unpaired) electrons. The molecular formula is C17H24N2. The molecule has 0 aliphatic heterocycles. The van der Waals surface area contributed by atoms with Crippen LogP contribution in [0.15, 0.2) is 24.4 Å². The number of nitrogens with one attached hydrogen (secondary N) is 1. The summed E-state index contributed by atoms with van der Waals surface area (Å²) >= 11 is 0. The Bertz CT molecular complexity index is 428. The Labute approximate surface area is 116 Å². The van der Waals surface area contributed by atoms with Crippen LogP contribution >= 0.6 is 0 Å². The average Bonchev–Trinajstić information content (AvgIpc) is 2.87. The Kier molecular flexibility index (Phi) is 2.87. The number of hydrogen-bond donors (Lipinski definition) is 1. The molecule has 3 saturated carbocycles. The Hall–Kier alpha value is -0.890. The smallest absolute Gasteiger partial charge is 0.0419 e. The second-order valence-corrected chi connectivity index (χ2v) is 6.75. The van der Waals surface area contributed by atoms with Gasteiger partial charge in [0.1, 0.15) is 0 Å². The Morgan fingerprint density at radius 3 is 2.68 bits per heavy atom. The zero-order valence-corrected chi connectivity index (χ0v) is 11.8. The van der Waals surface area contributed by atoms with Crippen molar-refractivity contribution in [2.45, 2.75) is 38.6 Å². The van der Waals surface area contributed by atoms with Crippen LogP contribution in [-0.2, 0) is 6.42 Å². The highest BCUT2D eigenvalue weighted by Gasteiger charge is 2.66. The van der Waals surface area contributed by atoms with Crippen molar-refractivity contribution in [3.8, 4) is 0 Å². The fourth-order valence-electron chi connectivity index (χ4n) is 5.28. The van der Waals surface area contributed by atoms with Gasteiger partial charge in [-0.25, -0.2) is 0 Å². The number of nitrogens with zero attached hydrogens (tertiary/aromatic N) is 1. The monoisotopic (exact) mass is 256 g/mol. The van der Waals surface area contributed by atoms with Crippen molar-refractivity contribution in [1.82, 2.24) is 10.3 Å². The van der Waals surface area contributed by atoms with E-state index in [9.17, 15) is 0 Å². The molecule has 3 aliphatic carbocycles.